The van der Waals surface area contributed by atoms with Crippen LogP contribution in [0.2, 0.25) is 0 Å². The second kappa shape index (κ2) is 6.27. The van der Waals surface area contributed by atoms with E-state index in [4.69, 9.17) is 5.73 Å². The summed E-state index contributed by atoms with van der Waals surface area (Å²) in [5.41, 5.74) is 6.99. The zero-order valence-electron chi connectivity index (χ0n) is 9.56. The molecule has 0 saturated carbocycles. The van der Waals surface area contributed by atoms with Gasteiger partial charge >= 0.3 is 6.03 Å². The van der Waals surface area contributed by atoms with E-state index in [0.717, 1.165) is 18.0 Å². The molecule has 88 valence electrons. The molecule has 0 heterocycles. The first-order chi connectivity index (χ1) is 7.63. The summed E-state index contributed by atoms with van der Waals surface area (Å²) in [6.45, 7) is 0.731. The normalized spacial score (nSPS) is 9.88. The van der Waals surface area contributed by atoms with Crippen LogP contribution in [0.15, 0.2) is 24.3 Å². The predicted octanol–water partition coefficient (Wildman–Crippen LogP) is 2.10. The summed E-state index contributed by atoms with van der Waals surface area (Å²) in [5, 5.41) is 2.79. The van der Waals surface area contributed by atoms with Crippen LogP contribution in [-0.2, 0) is 0 Å². The molecule has 3 N–H and O–H groups in total. The Hall–Kier alpha value is -1.36. The van der Waals surface area contributed by atoms with E-state index in [1.165, 1.54) is 0 Å². The first-order valence-electron chi connectivity index (χ1n) is 5.00. The first kappa shape index (κ1) is 12.7. The van der Waals surface area contributed by atoms with Gasteiger partial charge in [0.05, 0.1) is 0 Å². The number of nitrogen functional groups attached to an aromatic ring is 1. The summed E-state index contributed by atoms with van der Waals surface area (Å²) in [6, 6.07) is 7.04. The van der Waals surface area contributed by atoms with E-state index >= 15 is 0 Å². The molecule has 1 aromatic rings. The van der Waals surface area contributed by atoms with Crippen LogP contribution in [-0.4, -0.2) is 36.5 Å². The monoisotopic (exact) mass is 239 g/mol. The van der Waals surface area contributed by atoms with Crippen molar-refractivity contribution in [2.45, 2.75) is 0 Å². The predicted molar refractivity (Wildman–Crippen MR) is 70.9 cm³/mol. The topological polar surface area (TPSA) is 58.4 Å². The van der Waals surface area contributed by atoms with Gasteiger partial charge in [0, 0.05) is 30.7 Å². The molecule has 0 bridgehead atoms. The lowest BCUT2D eigenvalue weighted by atomic mass is 10.3. The molecule has 0 atom stereocenters. The third-order valence-corrected chi connectivity index (χ3v) is 2.71. The second-order valence-corrected chi connectivity index (χ2v) is 4.46. The van der Waals surface area contributed by atoms with Crippen molar-refractivity contribution < 1.29 is 4.79 Å². The molecule has 5 heteroatoms. The van der Waals surface area contributed by atoms with E-state index in [-0.39, 0.29) is 6.03 Å². The van der Waals surface area contributed by atoms with Crippen LogP contribution < -0.4 is 11.1 Å². The third kappa shape index (κ3) is 4.02. The van der Waals surface area contributed by atoms with E-state index in [9.17, 15) is 4.79 Å². The van der Waals surface area contributed by atoms with Crippen molar-refractivity contribution in [1.82, 2.24) is 4.90 Å². The fourth-order valence-electron chi connectivity index (χ4n) is 1.17. The van der Waals surface area contributed by atoms with E-state index in [1.54, 1.807) is 35.8 Å². The van der Waals surface area contributed by atoms with Gasteiger partial charge in [-0.05, 0) is 24.5 Å². The quantitative estimate of drug-likeness (QED) is 0.791. The molecule has 0 fully saturated rings. The summed E-state index contributed by atoms with van der Waals surface area (Å²) in [7, 11) is 1.78. The highest BCUT2D eigenvalue weighted by Crippen LogP contribution is 2.12. The number of carbonyl (C=O) groups excluding carboxylic acids is 1. The minimum atomic E-state index is -0.111. The van der Waals surface area contributed by atoms with Crippen LogP contribution in [0.1, 0.15) is 0 Å². The molecule has 0 aliphatic carbocycles. The maximum absolute atomic E-state index is 11.7. The largest absolute Gasteiger partial charge is 0.399 e. The number of anilines is 2. The van der Waals surface area contributed by atoms with E-state index < -0.39 is 0 Å². The molecule has 1 aromatic carbocycles. The van der Waals surface area contributed by atoms with Crippen LogP contribution in [0.25, 0.3) is 0 Å². The van der Waals surface area contributed by atoms with Crippen LogP contribution in [0.3, 0.4) is 0 Å². The summed E-state index contributed by atoms with van der Waals surface area (Å²) in [6.07, 6.45) is 2.02. The molecule has 0 spiro atoms. The van der Waals surface area contributed by atoms with Crippen LogP contribution >= 0.6 is 11.8 Å². The number of nitrogens with two attached hydrogens (primary N) is 1. The molecule has 0 unspecified atom stereocenters. The second-order valence-electron chi connectivity index (χ2n) is 3.47. The van der Waals surface area contributed by atoms with Gasteiger partial charge in [-0.2, -0.15) is 11.8 Å². The average Bonchev–Trinajstić information content (AvgIpc) is 2.25. The molecule has 4 nitrogen and oxygen atoms in total. The number of amides is 2. The van der Waals surface area contributed by atoms with Gasteiger partial charge in [-0.15, -0.1) is 0 Å². The number of urea groups is 1. The van der Waals surface area contributed by atoms with Crippen molar-refractivity contribution in [3.05, 3.63) is 24.3 Å². The number of benzene rings is 1. The van der Waals surface area contributed by atoms with Gasteiger partial charge in [0.1, 0.15) is 0 Å². The fraction of sp³-hybridized carbons (Fsp3) is 0.364. The Balaban J connectivity index is 2.50. The number of thioether (sulfide) groups is 1. The summed E-state index contributed by atoms with van der Waals surface area (Å²) in [4.78, 5) is 13.3. The lowest BCUT2D eigenvalue weighted by molar-refractivity contribution is 0.225. The minimum Gasteiger partial charge on any atom is -0.399 e. The van der Waals surface area contributed by atoms with Gasteiger partial charge in [0.2, 0.25) is 0 Å². The molecule has 16 heavy (non-hydrogen) atoms. The van der Waals surface area contributed by atoms with Crippen molar-refractivity contribution in [3.8, 4) is 0 Å². The van der Waals surface area contributed by atoms with Gasteiger partial charge in [-0.1, -0.05) is 6.07 Å². The van der Waals surface area contributed by atoms with Crippen LogP contribution in [0.5, 0.6) is 0 Å². The molecule has 1 rings (SSSR count). The molecular weight excluding hydrogens is 222 g/mol. The lowest BCUT2D eigenvalue weighted by Gasteiger charge is -2.17. The molecule has 0 aromatic heterocycles. The lowest BCUT2D eigenvalue weighted by Crippen LogP contribution is -2.33. The Morgan fingerprint density at radius 3 is 2.94 bits per heavy atom. The molecule has 0 radical (unpaired) electrons. The van der Waals surface area contributed by atoms with Crippen molar-refractivity contribution in [1.29, 1.82) is 0 Å². The van der Waals surface area contributed by atoms with Gasteiger partial charge < -0.3 is 16.0 Å². The summed E-state index contributed by atoms with van der Waals surface area (Å²) >= 11 is 1.71. The van der Waals surface area contributed by atoms with E-state index in [1.807, 2.05) is 18.4 Å². The average molecular weight is 239 g/mol. The number of hydrogen-bond acceptors (Lipinski definition) is 3. The highest BCUT2D eigenvalue weighted by atomic mass is 32.2. The van der Waals surface area contributed by atoms with Crippen molar-refractivity contribution in [2.75, 3.05) is 36.7 Å². The zero-order chi connectivity index (χ0) is 12.0. The number of nitrogens with one attached hydrogen (secondary N) is 1. The highest BCUT2D eigenvalue weighted by Gasteiger charge is 2.07. The van der Waals surface area contributed by atoms with Gasteiger partial charge in [-0.3, -0.25) is 0 Å². The molecule has 0 aliphatic heterocycles. The first-order valence-corrected chi connectivity index (χ1v) is 6.39. The summed E-state index contributed by atoms with van der Waals surface area (Å²) in [5.74, 6) is 0.931. The maximum Gasteiger partial charge on any atom is 0.321 e. The summed E-state index contributed by atoms with van der Waals surface area (Å²) < 4.78 is 0. The van der Waals surface area contributed by atoms with Gasteiger partial charge in [0.15, 0.2) is 0 Å². The smallest absolute Gasteiger partial charge is 0.321 e. The number of nitrogens with zero attached hydrogens (tertiary/aromatic N) is 1. The Kier molecular flexibility index (Phi) is 4.98. The number of hydrogen-bond donors (Lipinski definition) is 2. The van der Waals surface area contributed by atoms with Gasteiger partial charge in [-0.25, -0.2) is 4.79 Å². The maximum atomic E-state index is 11.7. The van der Waals surface area contributed by atoms with Gasteiger partial charge in [0.25, 0.3) is 0 Å². The van der Waals surface area contributed by atoms with E-state index in [2.05, 4.69) is 5.32 Å². The van der Waals surface area contributed by atoms with Crippen LogP contribution in [0, 0.1) is 0 Å². The Labute approximate surface area is 100 Å². The fourth-order valence-corrected chi connectivity index (χ4v) is 1.62. The van der Waals surface area contributed by atoms with Crippen molar-refractivity contribution in [2.24, 2.45) is 0 Å². The Bertz CT molecular complexity index is 357. The Morgan fingerprint density at radius 2 is 2.31 bits per heavy atom. The molecule has 2 amide bonds. The SMILES string of the molecule is CSCCN(C)C(=O)Nc1cccc(N)c1. The minimum absolute atomic E-state index is 0.111. The third-order valence-electron chi connectivity index (χ3n) is 2.12. The van der Waals surface area contributed by atoms with E-state index in [0.29, 0.717) is 5.69 Å². The van der Waals surface area contributed by atoms with Crippen molar-refractivity contribution in [3.63, 3.8) is 0 Å². The number of rotatable bonds is 4. The Morgan fingerprint density at radius 1 is 1.56 bits per heavy atom. The zero-order valence-corrected chi connectivity index (χ0v) is 10.4. The highest BCUT2D eigenvalue weighted by molar-refractivity contribution is 7.98. The molecular formula is C11H17N3OS. The number of carbonyl (C=O) groups is 1. The molecule has 0 aliphatic rings. The van der Waals surface area contributed by atoms with Crippen molar-refractivity contribution >= 4 is 29.2 Å². The standard InChI is InChI=1S/C11H17N3OS/c1-14(6-7-16-2)11(15)13-10-5-3-4-9(12)8-10/h3-5,8H,6-7,12H2,1-2H3,(H,13,15). The molecule has 0 saturated heterocycles. The van der Waals surface area contributed by atoms with Crippen LogP contribution in [0.4, 0.5) is 16.2 Å².